The lowest BCUT2D eigenvalue weighted by molar-refractivity contribution is 0.0483. The van der Waals surface area contributed by atoms with Gasteiger partial charge in [0.05, 0.1) is 48.7 Å². The van der Waals surface area contributed by atoms with Gasteiger partial charge in [-0.15, -0.1) is 22.7 Å². The summed E-state index contributed by atoms with van der Waals surface area (Å²) in [5.74, 6) is -1.87. The predicted octanol–water partition coefficient (Wildman–Crippen LogP) is 16.6. The van der Waals surface area contributed by atoms with Gasteiger partial charge in [-0.25, -0.2) is 19.2 Å². The summed E-state index contributed by atoms with van der Waals surface area (Å²) < 4.78 is 27.3. The van der Waals surface area contributed by atoms with Crippen molar-refractivity contribution in [3.63, 3.8) is 0 Å². The van der Waals surface area contributed by atoms with E-state index in [1.165, 1.54) is 22.7 Å². The molecule has 0 saturated heterocycles. The van der Waals surface area contributed by atoms with E-state index < -0.39 is 23.9 Å². The second-order valence-electron chi connectivity index (χ2n) is 17.1. The molecule has 2 aromatic heterocycles. The zero-order valence-corrected chi connectivity index (χ0v) is 41.0. The quantitative estimate of drug-likeness (QED) is 0.0157. The topological polar surface area (TPSA) is 105 Å². The highest BCUT2D eigenvalue weighted by Gasteiger charge is 2.33. The molecule has 7 aromatic rings. The highest BCUT2D eigenvalue weighted by molar-refractivity contribution is 7.27. The Labute approximate surface area is 387 Å². The van der Waals surface area contributed by atoms with Crippen LogP contribution in [0.25, 0.3) is 61.9 Å². The first-order valence-electron chi connectivity index (χ1n) is 24.7. The minimum absolute atomic E-state index is 0.294. The molecule has 0 radical (unpaired) electrons. The number of hydrogen-bond donors (Lipinski definition) is 0. The molecular weight excluding hydrogens is 841 g/mol. The lowest BCUT2D eigenvalue weighted by atomic mass is 9.84. The predicted molar refractivity (Wildman–Crippen MR) is 268 cm³/mol. The standard InChI is InChI=1S/C52H64O8S2.C2H6/c1-5-9-13-17-21-25-57-49(53)33-29-37-43-45-39(61-37)31-35(51(55)59-27-23-19-15-11-7-3)42-36(52(56)60-28-24-20-16-12-8-4)32-40-46(48(42)45)44-38(62-40)30-34(41(33)47(43)44)50(54)58-26-22-18-14-10-6-2;1-2/h29-32H,5-28H2,1-4H3;1-2H3. The molecule has 0 unspecified atom stereocenters. The average molecular weight is 911 g/mol. The minimum Gasteiger partial charge on any atom is -0.462 e. The molecule has 5 aromatic carbocycles. The fourth-order valence-electron chi connectivity index (χ4n) is 9.16. The summed E-state index contributed by atoms with van der Waals surface area (Å²) in [6.45, 7) is 13.9. The molecule has 0 N–H and O–H groups in total. The van der Waals surface area contributed by atoms with Crippen molar-refractivity contribution in [3.8, 4) is 0 Å². The van der Waals surface area contributed by atoms with Gasteiger partial charge in [-0.2, -0.15) is 0 Å². The Kier molecular flexibility index (Phi) is 18.7. The first-order chi connectivity index (χ1) is 31.3. The minimum atomic E-state index is -0.466. The highest BCUT2D eigenvalue weighted by atomic mass is 32.1. The Bertz CT molecular complexity index is 2240. The number of rotatable bonds is 28. The molecule has 0 aliphatic rings. The van der Waals surface area contributed by atoms with E-state index in [0.29, 0.717) is 59.5 Å². The van der Waals surface area contributed by atoms with E-state index in [9.17, 15) is 19.2 Å². The first kappa shape index (κ1) is 49.2. The number of esters is 4. The molecule has 346 valence electrons. The Morgan fingerprint density at radius 2 is 0.547 bits per heavy atom. The van der Waals surface area contributed by atoms with E-state index in [1.807, 2.05) is 38.1 Å². The Morgan fingerprint density at radius 1 is 0.328 bits per heavy atom. The van der Waals surface area contributed by atoms with Crippen molar-refractivity contribution >= 4 is 108 Å². The van der Waals surface area contributed by atoms with Gasteiger partial charge < -0.3 is 18.9 Å². The van der Waals surface area contributed by atoms with Crippen LogP contribution in [-0.4, -0.2) is 50.3 Å². The summed E-state index contributed by atoms with van der Waals surface area (Å²) in [7, 11) is 0. The number of carbonyl (C=O) groups is 4. The molecular formula is C54H70O8S2. The maximum Gasteiger partial charge on any atom is 0.338 e. The van der Waals surface area contributed by atoms with Crippen LogP contribution in [0.15, 0.2) is 24.3 Å². The van der Waals surface area contributed by atoms with Crippen molar-refractivity contribution in [1.29, 1.82) is 0 Å². The molecule has 0 aliphatic heterocycles. The molecule has 0 saturated carbocycles. The summed E-state index contributed by atoms with van der Waals surface area (Å²) in [5.41, 5.74) is 1.35. The SMILES string of the molecule is CC.CCCCCCCOC(=O)c1cc2sc3cc(C(=O)OCCCCCCC)c4c(C(=O)OCCCCCCC)cc5sc6cc(C(=O)OCCCCCCC)c1c1c2c3c4c5c61. The van der Waals surface area contributed by atoms with Crippen LogP contribution in [-0.2, 0) is 18.9 Å². The molecule has 0 spiro atoms. The van der Waals surface area contributed by atoms with Gasteiger partial charge in [0.2, 0.25) is 0 Å². The summed E-state index contributed by atoms with van der Waals surface area (Å²) in [4.78, 5) is 57.1. The number of carbonyl (C=O) groups excluding carboxylic acids is 4. The van der Waals surface area contributed by atoms with Crippen LogP contribution in [0.3, 0.4) is 0 Å². The van der Waals surface area contributed by atoms with Gasteiger partial charge in [-0.1, -0.05) is 144 Å². The van der Waals surface area contributed by atoms with Gasteiger partial charge in [0.1, 0.15) is 0 Å². The average Bonchev–Trinajstić information content (AvgIpc) is 3.88. The molecule has 0 amide bonds. The summed E-state index contributed by atoms with van der Waals surface area (Å²) >= 11 is 3.00. The van der Waals surface area contributed by atoms with E-state index in [1.54, 1.807) is 0 Å². The number of benzene rings is 5. The molecule has 0 aliphatic carbocycles. The van der Waals surface area contributed by atoms with Crippen LogP contribution in [0.5, 0.6) is 0 Å². The Morgan fingerprint density at radius 3 is 0.766 bits per heavy atom. The van der Waals surface area contributed by atoms with Crippen LogP contribution >= 0.6 is 22.7 Å². The van der Waals surface area contributed by atoms with Gasteiger partial charge >= 0.3 is 23.9 Å². The normalized spacial score (nSPS) is 11.8. The number of unbranched alkanes of at least 4 members (excludes halogenated alkanes) is 16. The summed E-state index contributed by atoms with van der Waals surface area (Å²) in [6, 6.07) is 7.45. The third kappa shape index (κ3) is 10.7. The lowest BCUT2D eigenvalue weighted by Gasteiger charge is -2.19. The molecule has 0 fully saturated rings. The molecule has 0 atom stereocenters. The van der Waals surface area contributed by atoms with Crippen LogP contribution in [0.2, 0.25) is 0 Å². The van der Waals surface area contributed by atoms with Gasteiger partial charge in [-0.05, 0) is 49.9 Å². The molecule has 0 bridgehead atoms. The summed E-state index contributed by atoms with van der Waals surface area (Å²) in [5, 5.41) is 6.34. The molecule has 8 nitrogen and oxygen atoms in total. The van der Waals surface area contributed by atoms with Crippen LogP contribution in [0.4, 0.5) is 0 Å². The number of hydrogen-bond acceptors (Lipinski definition) is 10. The third-order valence-electron chi connectivity index (χ3n) is 12.4. The number of thiophene rings is 2. The van der Waals surface area contributed by atoms with E-state index in [0.717, 1.165) is 180 Å². The van der Waals surface area contributed by atoms with Gasteiger partial charge in [-0.3, -0.25) is 0 Å². The van der Waals surface area contributed by atoms with E-state index >= 15 is 0 Å². The molecule has 7 rings (SSSR count). The second kappa shape index (κ2) is 24.3. The zero-order valence-electron chi connectivity index (χ0n) is 39.4. The van der Waals surface area contributed by atoms with E-state index in [-0.39, 0.29) is 0 Å². The van der Waals surface area contributed by atoms with E-state index in [2.05, 4.69) is 27.7 Å². The monoisotopic (exact) mass is 910 g/mol. The van der Waals surface area contributed by atoms with Crippen molar-refractivity contribution in [2.45, 2.75) is 170 Å². The third-order valence-corrected chi connectivity index (χ3v) is 14.6. The summed E-state index contributed by atoms with van der Waals surface area (Å²) in [6.07, 6.45) is 20.4. The first-order valence-corrected chi connectivity index (χ1v) is 26.4. The maximum atomic E-state index is 14.3. The maximum absolute atomic E-state index is 14.3. The van der Waals surface area contributed by atoms with Crippen LogP contribution < -0.4 is 0 Å². The van der Waals surface area contributed by atoms with Crippen LogP contribution in [0.1, 0.15) is 211 Å². The number of ether oxygens (including phenoxy) is 4. The Hall–Kier alpha value is -4.28. The van der Waals surface area contributed by atoms with Crippen molar-refractivity contribution in [2.24, 2.45) is 0 Å². The molecule has 2 heterocycles. The molecule has 64 heavy (non-hydrogen) atoms. The highest BCUT2D eigenvalue weighted by Crippen LogP contribution is 2.56. The molecule has 10 heteroatoms. The van der Waals surface area contributed by atoms with E-state index in [4.69, 9.17) is 18.9 Å². The van der Waals surface area contributed by atoms with Gasteiger partial charge in [0.25, 0.3) is 0 Å². The fourth-order valence-corrected chi connectivity index (χ4v) is 11.6. The second-order valence-corrected chi connectivity index (χ2v) is 19.3. The van der Waals surface area contributed by atoms with Crippen molar-refractivity contribution in [3.05, 3.63) is 46.5 Å². The van der Waals surface area contributed by atoms with Crippen molar-refractivity contribution in [1.82, 2.24) is 0 Å². The van der Waals surface area contributed by atoms with Crippen molar-refractivity contribution in [2.75, 3.05) is 26.4 Å². The fraction of sp³-hybridized carbons (Fsp3) is 0.556. The Balaban J connectivity index is 0.00000335. The zero-order chi connectivity index (χ0) is 45.6. The van der Waals surface area contributed by atoms with Gasteiger partial charge in [0, 0.05) is 61.9 Å². The lowest BCUT2D eigenvalue weighted by Crippen LogP contribution is -2.13. The van der Waals surface area contributed by atoms with Crippen LogP contribution in [0, 0.1) is 0 Å². The van der Waals surface area contributed by atoms with Gasteiger partial charge in [0.15, 0.2) is 0 Å². The smallest absolute Gasteiger partial charge is 0.338 e. The largest absolute Gasteiger partial charge is 0.462 e. The van der Waals surface area contributed by atoms with Crippen molar-refractivity contribution < 1.29 is 38.1 Å².